The lowest BCUT2D eigenvalue weighted by Crippen LogP contribution is -2.17. The maximum atomic E-state index is 13.8. The SMILES string of the molecule is C=C(C)c1ccc(C)cc1-c1c(O)cc(CCCCC)cc1OP1(=O)OCCC(c2cccc(F)c2)O1. The Bertz CT molecular complexity index is 1340. The van der Waals surface area contributed by atoms with Crippen molar-refractivity contribution in [2.45, 2.75) is 59.0 Å². The van der Waals surface area contributed by atoms with Gasteiger partial charge in [-0.2, -0.15) is 0 Å². The molecule has 1 aliphatic heterocycles. The number of phosphoric acid groups is 1. The molecule has 4 rings (SSSR count). The zero-order valence-corrected chi connectivity index (χ0v) is 22.5. The fourth-order valence-corrected chi connectivity index (χ4v) is 5.98. The second kappa shape index (κ2) is 11.6. The number of hydrogen-bond acceptors (Lipinski definition) is 5. The molecule has 1 aliphatic rings. The molecule has 37 heavy (non-hydrogen) atoms. The predicted octanol–water partition coefficient (Wildman–Crippen LogP) is 8.94. The van der Waals surface area contributed by atoms with Gasteiger partial charge in [0.1, 0.15) is 17.3 Å². The number of allylic oxidation sites excluding steroid dienone is 1. The van der Waals surface area contributed by atoms with E-state index in [2.05, 4.69) is 13.5 Å². The van der Waals surface area contributed by atoms with Crippen LogP contribution in [0.3, 0.4) is 0 Å². The number of halogens is 1. The fourth-order valence-electron chi connectivity index (χ4n) is 4.57. The summed E-state index contributed by atoms with van der Waals surface area (Å²) in [7, 11) is -4.10. The Balaban J connectivity index is 1.77. The van der Waals surface area contributed by atoms with Crippen molar-refractivity contribution in [3.63, 3.8) is 0 Å². The zero-order valence-electron chi connectivity index (χ0n) is 21.6. The van der Waals surface area contributed by atoms with Crippen molar-refractivity contribution in [2.24, 2.45) is 0 Å². The van der Waals surface area contributed by atoms with Crippen molar-refractivity contribution in [2.75, 3.05) is 6.61 Å². The van der Waals surface area contributed by atoms with Crippen molar-refractivity contribution in [1.82, 2.24) is 0 Å². The van der Waals surface area contributed by atoms with Crippen LogP contribution in [0.25, 0.3) is 16.7 Å². The van der Waals surface area contributed by atoms with Gasteiger partial charge in [0.25, 0.3) is 0 Å². The topological polar surface area (TPSA) is 65.0 Å². The highest BCUT2D eigenvalue weighted by Crippen LogP contribution is 2.59. The first-order valence-corrected chi connectivity index (χ1v) is 14.2. The molecule has 3 aromatic carbocycles. The van der Waals surface area contributed by atoms with E-state index in [1.54, 1.807) is 24.3 Å². The Hall–Kier alpha value is -2.92. The first kappa shape index (κ1) is 27.1. The van der Waals surface area contributed by atoms with Crippen LogP contribution in [0.15, 0.2) is 61.2 Å². The molecule has 0 aromatic heterocycles. The number of hydrogen-bond donors (Lipinski definition) is 1. The molecule has 0 saturated carbocycles. The van der Waals surface area contributed by atoms with Crippen LogP contribution in [0.1, 0.15) is 67.9 Å². The molecule has 0 radical (unpaired) electrons. The monoisotopic (exact) mass is 524 g/mol. The van der Waals surface area contributed by atoms with E-state index in [0.29, 0.717) is 23.1 Å². The van der Waals surface area contributed by atoms with Crippen LogP contribution < -0.4 is 4.52 Å². The van der Waals surface area contributed by atoms with Crippen LogP contribution in [-0.2, 0) is 20.0 Å². The molecule has 2 unspecified atom stereocenters. The largest absolute Gasteiger partial charge is 0.530 e. The highest BCUT2D eigenvalue weighted by molar-refractivity contribution is 7.49. The lowest BCUT2D eigenvalue weighted by Gasteiger charge is -2.30. The number of rotatable bonds is 9. The number of benzene rings is 3. The lowest BCUT2D eigenvalue weighted by atomic mass is 9.91. The van der Waals surface area contributed by atoms with E-state index < -0.39 is 19.7 Å². The highest BCUT2D eigenvalue weighted by Gasteiger charge is 2.39. The van der Waals surface area contributed by atoms with Gasteiger partial charge in [0.05, 0.1) is 18.3 Å². The Kier molecular flexibility index (Phi) is 8.53. The molecule has 0 bridgehead atoms. The molecule has 1 heterocycles. The summed E-state index contributed by atoms with van der Waals surface area (Å²) < 4.78 is 45.0. The van der Waals surface area contributed by atoms with Crippen LogP contribution in [0.4, 0.5) is 4.39 Å². The van der Waals surface area contributed by atoms with Crippen LogP contribution >= 0.6 is 7.82 Å². The van der Waals surface area contributed by atoms with Gasteiger partial charge >= 0.3 is 7.82 Å². The molecule has 196 valence electrons. The smallest absolute Gasteiger partial charge is 0.507 e. The van der Waals surface area contributed by atoms with Gasteiger partial charge in [-0.1, -0.05) is 67.8 Å². The first-order chi connectivity index (χ1) is 17.7. The molecular formula is C30H34FO5P. The van der Waals surface area contributed by atoms with Crippen LogP contribution in [0.5, 0.6) is 11.5 Å². The summed E-state index contributed by atoms with van der Waals surface area (Å²) in [5.41, 5.74) is 5.18. The first-order valence-electron chi connectivity index (χ1n) is 12.7. The van der Waals surface area contributed by atoms with Gasteiger partial charge in [-0.05, 0) is 73.2 Å². The Morgan fingerprint density at radius 2 is 2.00 bits per heavy atom. The van der Waals surface area contributed by atoms with Crippen molar-refractivity contribution >= 4 is 13.4 Å². The van der Waals surface area contributed by atoms with Gasteiger partial charge in [0, 0.05) is 6.42 Å². The molecule has 5 nitrogen and oxygen atoms in total. The van der Waals surface area contributed by atoms with E-state index >= 15 is 0 Å². The molecule has 0 spiro atoms. The zero-order chi connectivity index (χ0) is 26.6. The van der Waals surface area contributed by atoms with Gasteiger partial charge in [-0.15, -0.1) is 0 Å². The predicted molar refractivity (Wildman–Crippen MR) is 145 cm³/mol. The molecule has 2 atom stereocenters. The second-order valence-electron chi connectivity index (χ2n) is 9.58. The average molecular weight is 525 g/mol. The van der Waals surface area contributed by atoms with Gasteiger partial charge in [0.15, 0.2) is 0 Å². The molecule has 0 amide bonds. The summed E-state index contributed by atoms with van der Waals surface area (Å²) in [4.78, 5) is 0. The Labute approximate surface area is 218 Å². The molecule has 0 aliphatic carbocycles. The third-order valence-corrected chi connectivity index (χ3v) is 7.86. The minimum Gasteiger partial charge on any atom is -0.507 e. The van der Waals surface area contributed by atoms with E-state index in [0.717, 1.165) is 47.9 Å². The van der Waals surface area contributed by atoms with E-state index in [-0.39, 0.29) is 18.1 Å². The number of phenols is 1. The summed E-state index contributed by atoms with van der Waals surface area (Å²) in [5, 5.41) is 11.2. The van der Waals surface area contributed by atoms with Crippen molar-refractivity contribution in [1.29, 1.82) is 0 Å². The van der Waals surface area contributed by atoms with Gasteiger partial charge in [-0.3, -0.25) is 9.05 Å². The minimum atomic E-state index is -4.10. The van der Waals surface area contributed by atoms with Gasteiger partial charge in [0.2, 0.25) is 0 Å². The average Bonchev–Trinajstić information content (AvgIpc) is 2.83. The Morgan fingerprint density at radius 1 is 1.19 bits per heavy atom. The maximum Gasteiger partial charge on any atom is 0.530 e. The molecule has 1 N–H and O–H groups in total. The summed E-state index contributed by atoms with van der Waals surface area (Å²) in [6, 6.07) is 15.4. The molecule has 1 fully saturated rings. The van der Waals surface area contributed by atoms with Gasteiger partial charge < -0.3 is 9.63 Å². The summed E-state index contributed by atoms with van der Waals surface area (Å²) in [6.45, 7) is 10.2. The second-order valence-corrected chi connectivity index (χ2v) is 11.1. The van der Waals surface area contributed by atoms with Crippen molar-refractivity contribution in [3.8, 4) is 22.6 Å². The molecule has 1 saturated heterocycles. The van der Waals surface area contributed by atoms with Crippen molar-refractivity contribution in [3.05, 3.63) is 89.2 Å². The van der Waals surface area contributed by atoms with Crippen LogP contribution in [0.2, 0.25) is 0 Å². The van der Waals surface area contributed by atoms with Crippen LogP contribution in [-0.4, -0.2) is 11.7 Å². The van der Waals surface area contributed by atoms with Crippen molar-refractivity contribution < 1.29 is 27.6 Å². The van der Waals surface area contributed by atoms with E-state index in [4.69, 9.17) is 13.6 Å². The standard InChI is InChI=1S/C30H34FO5P/c1-5-6-7-9-22-17-27(32)30(26-16-21(4)12-13-25(26)20(2)3)29(18-22)36-37(33)34-15-14-28(35-37)23-10-8-11-24(31)19-23/h8,10-13,16-19,28,32H,2,5-7,9,14-15H2,1,3-4H3. The number of aromatic hydroxyl groups is 1. The number of aryl methyl sites for hydroxylation is 2. The number of phenolic OH excluding ortho intramolecular Hbond substituents is 1. The molecular weight excluding hydrogens is 490 g/mol. The summed E-state index contributed by atoms with van der Waals surface area (Å²) in [6.07, 6.45) is 3.56. The third kappa shape index (κ3) is 6.51. The number of unbranched alkanes of at least 4 members (excludes halogenated alkanes) is 2. The van der Waals surface area contributed by atoms with E-state index in [9.17, 15) is 14.1 Å². The van der Waals surface area contributed by atoms with E-state index in [1.165, 1.54) is 12.1 Å². The number of phosphoric ester groups is 1. The van der Waals surface area contributed by atoms with E-state index in [1.807, 2.05) is 32.0 Å². The highest BCUT2D eigenvalue weighted by atomic mass is 31.2. The fraction of sp³-hybridized carbons (Fsp3) is 0.333. The quantitative estimate of drug-likeness (QED) is 0.224. The lowest BCUT2D eigenvalue weighted by molar-refractivity contribution is 0.0509. The molecule has 3 aromatic rings. The summed E-state index contributed by atoms with van der Waals surface area (Å²) >= 11 is 0. The normalized spacial score (nSPS) is 19.5. The molecule has 7 heteroatoms. The maximum absolute atomic E-state index is 13.8. The van der Waals surface area contributed by atoms with Gasteiger partial charge in [-0.25, -0.2) is 8.96 Å². The van der Waals surface area contributed by atoms with Crippen LogP contribution in [0, 0.1) is 12.7 Å². The Morgan fingerprint density at radius 3 is 2.73 bits per heavy atom. The summed E-state index contributed by atoms with van der Waals surface area (Å²) in [5.74, 6) is -0.174. The third-order valence-electron chi connectivity index (χ3n) is 6.43. The minimum absolute atomic E-state index is 0.0161.